The first-order valence-electron chi connectivity index (χ1n) is 7.67. The Morgan fingerprint density at radius 1 is 1.26 bits per heavy atom. The van der Waals surface area contributed by atoms with Crippen molar-refractivity contribution in [1.82, 2.24) is 10.6 Å². The second-order valence-electron chi connectivity index (χ2n) is 5.48. The van der Waals surface area contributed by atoms with Crippen LogP contribution < -0.4 is 10.6 Å². The van der Waals surface area contributed by atoms with E-state index < -0.39 is 0 Å². The van der Waals surface area contributed by atoms with Crippen molar-refractivity contribution >= 4 is 29.9 Å². The van der Waals surface area contributed by atoms with E-state index in [2.05, 4.69) is 35.5 Å². The lowest BCUT2D eigenvalue weighted by molar-refractivity contribution is 0.108. The quantitative estimate of drug-likeness (QED) is 0.288. The van der Waals surface area contributed by atoms with Crippen LogP contribution in [0.25, 0.3) is 0 Å². The maximum atomic E-state index is 8.77. The van der Waals surface area contributed by atoms with Crippen molar-refractivity contribution in [1.29, 1.82) is 5.26 Å². The van der Waals surface area contributed by atoms with Crippen molar-refractivity contribution in [2.24, 2.45) is 10.9 Å². The summed E-state index contributed by atoms with van der Waals surface area (Å²) in [6.45, 7) is 7.37. The van der Waals surface area contributed by atoms with Crippen molar-refractivity contribution in [3.63, 3.8) is 0 Å². The lowest BCUT2D eigenvalue weighted by Gasteiger charge is -2.12. The normalized spacial score (nSPS) is 10.8. The van der Waals surface area contributed by atoms with Crippen molar-refractivity contribution in [3.8, 4) is 6.07 Å². The Balaban J connectivity index is 0.00000484. The van der Waals surface area contributed by atoms with Crippen molar-refractivity contribution in [2.45, 2.75) is 26.8 Å². The molecule has 0 atom stereocenters. The van der Waals surface area contributed by atoms with Crippen LogP contribution in [0.15, 0.2) is 29.3 Å². The van der Waals surface area contributed by atoms with E-state index in [4.69, 9.17) is 10.00 Å². The van der Waals surface area contributed by atoms with Crippen LogP contribution in [0.5, 0.6) is 0 Å². The van der Waals surface area contributed by atoms with Crippen LogP contribution in [0.3, 0.4) is 0 Å². The molecule has 0 fully saturated rings. The van der Waals surface area contributed by atoms with E-state index in [-0.39, 0.29) is 24.0 Å². The third kappa shape index (κ3) is 10.1. The molecule has 0 radical (unpaired) electrons. The van der Waals surface area contributed by atoms with Crippen LogP contribution in [0.2, 0.25) is 0 Å². The minimum atomic E-state index is 0. The number of hydrogen-bond donors (Lipinski definition) is 2. The minimum absolute atomic E-state index is 0. The molecular formula is C17H27IN4O. The number of rotatable bonds is 8. The number of hydrogen-bond acceptors (Lipinski definition) is 3. The average Bonchev–Trinajstić information content (AvgIpc) is 2.53. The maximum absolute atomic E-state index is 8.77. The van der Waals surface area contributed by atoms with Crippen molar-refractivity contribution in [3.05, 3.63) is 35.4 Å². The second kappa shape index (κ2) is 13.1. The molecule has 0 spiro atoms. The van der Waals surface area contributed by atoms with E-state index in [1.807, 2.05) is 24.3 Å². The summed E-state index contributed by atoms with van der Waals surface area (Å²) in [6.07, 6.45) is 0.949. The fourth-order valence-electron chi connectivity index (χ4n) is 1.80. The predicted molar refractivity (Wildman–Crippen MR) is 105 cm³/mol. The summed E-state index contributed by atoms with van der Waals surface area (Å²) in [5, 5.41) is 15.3. The number of benzene rings is 1. The molecule has 0 aliphatic heterocycles. The first kappa shape index (κ1) is 21.7. The minimum Gasteiger partial charge on any atom is -0.381 e. The van der Waals surface area contributed by atoms with Gasteiger partial charge in [0, 0.05) is 33.4 Å². The molecule has 0 aliphatic rings. The Hall–Kier alpha value is -1.33. The number of aliphatic imine (C=N–C) groups is 1. The molecular weight excluding hydrogens is 403 g/mol. The van der Waals surface area contributed by atoms with E-state index >= 15 is 0 Å². The van der Waals surface area contributed by atoms with Crippen molar-refractivity contribution in [2.75, 3.05) is 26.8 Å². The van der Waals surface area contributed by atoms with Crippen LogP contribution in [0.1, 0.15) is 31.4 Å². The van der Waals surface area contributed by atoms with Gasteiger partial charge in [0.25, 0.3) is 0 Å². The van der Waals surface area contributed by atoms with Gasteiger partial charge in [-0.1, -0.05) is 26.0 Å². The van der Waals surface area contributed by atoms with E-state index in [0.29, 0.717) is 18.0 Å². The van der Waals surface area contributed by atoms with Crippen molar-refractivity contribution < 1.29 is 4.74 Å². The Kier molecular flexibility index (Phi) is 12.4. The number of nitriles is 1. The lowest BCUT2D eigenvalue weighted by atomic mass is 10.1. The van der Waals surface area contributed by atoms with E-state index in [1.165, 1.54) is 0 Å². The molecule has 0 aromatic heterocycles. The number of nitrogens with zero attached hydrogens (tertiary/aromatic N) is 2. The fourth-order valence-corrected chi connectivity index (χ4v) is 1.80. The summed E-state index contributed by atoms with van der Waals surface area (Å²) in [7, 11) is 1.75. The summed E-state index contributed by atoms with van der Waals surface area (Å²) in [4.78, 5) is 4.18. The van der Waals surface area contributed by atoms with Gasteiger partial charge in [0.05, 0.1) is 11.6 Å². The highest BCUT2D eigenvalue weighted by molar-refractivity contribution is 14.0. The number of nitrogens with one attached hydrogen (secondary N) is 2. The highest BCUT2D eigenvalue weighted by atomic mass is 127. The topological polar surface area (TPSA) is 69.4 Å². The Bertz CT molecular complexity index is 494. The van der Waals surface area contributed by atoms with Crippen LogP contribution in [0.4, 0.5) is 0 Å². The third-order valence-electron chi connectivity index (χ3n) is 2.98. The molecule has 23 heavy (non-hydrogen) atoms. The monoisotopic (exact) mass is 430 g/mol. The smallest absolute Gasteiger partial charge is 0.191 e. The van der Waals surface area contributed by atoms with Crippen LogP contribution in [-0.4, -0.2) is 32.8 Å². The highest BCUT2D eigenvalue weighted by Gasteiger charge is 1.99. The van der Waals surface area contributed by atoms with Gasteiger partial charge in [0.1, 0.15) is 0 Å². The number of guanidine groups is 1. The summed E-state index contributed by atoms with van der Waals surface area (Å²) >= 11 is 0. The largest absolute Gasteiger partial charge is 0.381 e. The molecule has 0 saturated heterocycles. The number of halogens is 1. The van der Waals surface area contributed by atoms with Gasteiger partial charge in [-0.05, 0) is 30.0 Å². The number of ether oxygens (including phenoxy) is 1. The average molecular weight is 430 g/mol. The first-order valence-corrected chi connectivity index (χ1v) is 7.67. The van der Waals surface area contributed by atoms with Crippen LogP contribution in [0, 0.1) is 17.2 Å². The molecule has 0 heterocycles. The van der Waals surface area contributed by atoms with Gasteiger partial charge in [-0.15, -0.1) is 24.0 Å². The first-order chi connectivity index (χ1) is 10.7. The Morgan fingerprint density at radius 2 is 1.96 bits per heavy atom. The molecule has 1 aromatic rings. The SMILES string of the molecule is CN=C(NCCCOCC(C)C)NCc1ccc(C#N)cc1.I. The van der Waals surface area contributed by atoms with Crippen LogP contribution >= 0.6 is 24.0 Å². The maximum Gasteiger partial charge on any atom is 0.191 e. The molecule has 0 unspecified atom stereocenters. The van der Waals surface area contributed by atoms with Gasteiger partial charge < -0.3 is 15.4 Å². The lowest BCUT2D eigenvalue weighted by Crippen LogP contribution is -2.37. The molecule has 1 rings (SSSR count). The molecule has 1 aromatic carbocycles. The molecule has 0 bridgehead atoms. The third-order valence-corrected chi connectivity index (χ3v) is 2.98. The van der Waals surface area contributed by atoms with E-state index in [1.54, 1.807) is 7.05 Å². The molecule has 128 valence electrons. The van der Waals surface area contributed by atoms with Gasteiger partial charge in [-0.2, -0.15) is 5.26 Å². The van der Waals surface area contributed by atoms with E-state index in [0.717, 1.165) is 37.7 Å². The Labute approximate surface area is 156 Å². The zero-order valence-corrected chi connectivity index (χ0v) is 16.5. The van der Waals surface area contributed by atoms with Gasteiger partial charge >= 0.3 is 0 Å². The summed E-state index contributed by atoms with van der Waals surface area (Å²) in [6, 6.07) is 9.64. The zero-order chi connectivity index (χ0) is 16.2. The molecule has 0 amide bonds. The fraction of sp³-hybridized carbons (Fsp3) is 0.529. The summed E-state index contributed by atoms with van der Waals surface area (Å²) in [5.74, 6) is 1.35. The van der Waals surface area contributed by atoms with Gasteiger partial charge in [0.2, 0.25) is 0 Å². The highest BCUT2D eigenvalue weighted by Crippen LogP contribution is 2.02. The van der Waals surface area contributed by atoms with Gasteiger partial charge in [0.15, 0.2) is 5.96 Å². The predicted octanol–water partition coefficient (Wildman–Crippen LogP) is 2.90. The molecule has 5 nitrogen and oxygen atoms in total. The zero-order valence-electron chi connectivity index (χ0n) is 14.1. The van der Waals surface area contributed by atoms with Crippen LogP contribution in [-0.2, 0) is 11.3 Å². The second-order valence-corrected chi connectivity index (χ2v) is 5.48. The molecule has 0 saturated carbocycles. The van der Waals surface area contributed by atoms with Gasteiger partial charge in [-0.3, -0.25) is 4.99 Å². The summed E-state index contributed by atoms with van der Waals surface area (Å²) < 4.78 is 5.54. The Morgan fingerprint density at radius 3 is 2.52 bits per heavy atom. The van der Waals surface area contributed by atoms with Gasteiger partial charge in [-0.25, -0.2) is 0 Å². The van der Waals surface area contributed by atoms with E-state index in [9.17, 15) is 0 Å². The molecule has 2 N–H and O–H groups in total. The standard InChI is InChI=1S/C17H26N4O.HI/c1-14(2)13-22-10-4-9-20-17(19-3)21-12-16-7-5-15(11-18)6-8-16;/h5-8,14H,4,9-10,12-13H2,1-3H3,(H2,19,20,21);1H. The molecule has 0 aliphatic carbocycles. The summed E-state index contributed by atoms with van der Waals surface area (Å²) in [5.41, 5.74) is 1.79. The molecule has 6 heteroatoms.